The van der Waals surface area contributed by atoms with Gasteiger partial charge in [0.2, 0.25) is 5.91 Å². The molecule has 5 nitrogen and oxygen atoms in total. The largest absolute Gasteiger partial charge is 0.508 e. The molecule has 1 saturated heterocycles. The van der Waals surface area contributed by atoms with Gasteiger partial charge in [-0.05, 0) is 25.8 Å². The molecule has 1 aromatic rings. The van der Waals surface area contributed by atoms with Crippen LogP contribution in [0.1, 0.15) is 25.3 Å². The van der Waals surface area contributed by atoms with E-state index in [9.17, 15) is 14.7 Å². The van der Waals surface area contributed by atoms with Crippen molar-refractivity contribution in [3.05, 3.63) is 29.8 Å². The Morgan fingerprint density at radius 3 is 2.86 bits per heavy atom. The number of carbonyl (C=O) groups excluding carboxylic acids is 2. The Morgan fingerprint density at radius 2 is 2.14 bits per heavy atom. The minimum Gasteiger partial charge on any atom is -0.508 e. The number of hydrogen-bond acceptors (Lipinski definition) is 4. The maximum atomic E-state index is 12.3. The second-order valence-electron chi connectivity index (χ2n) is 5.24. The van der Waals surface area contributed by atoms with Gasteiger partial charge in [-0.25, -0.2) is 0 Å². The first kappa shape index (κ1) is 15.4. The second kappa shape index (κ2) is 7.11. The number of carbonyl (C=O) groups is 2. The van der Waals surface area contributed by atoms with E-state index in [0.717, 1.165) is 12.8 Å². The Kier molecular flexibility index (Phi) is 5.20. The van der Waals surface area contributed by atoms with E-state index in [2.05, 4.69) is 0 Å². The molecule has 1 aromatic carbocycles. The number of piperidine rings is 1. The first-order valence-corrected chi connectivity index (χ1v) is 7.33. The summed E-state index contributed by atoms with van der Waals surface area (Å²) in [5.74, 6) is -0.389. The standard InChI is InChI=1S/C16H21NO4/c1-2-21-16(20)13-7-5-9-17(11-13)15(19)10-12-6-3-4-8-14(12)18/h3-4,6,8,13,18H,2,5,7,9-11H2,1H3/t13-/m1/s1. The fraction of sp³-hybridized carbons (Fsp3) is 0.500. The van der Waals surface area contributed by atoms with Gasteiger partial charge in [0.25, 0.3) is 0 Å². The lowest BCUT2D eigenvalue weighted by Gasteiger charge is -2.31. The van der Waals surface area contributed by atoms with Gasteiger partial charge in [-0.2, -0.15) is 0 Å². The van der Waals surface area contributed by atoms with Crippen molar-refractivity contribution in [2.75, 3.05) is 19.7 Å². The molecule has 21 heavy (non-hydrogen) atoms. The fourth-order valence-electron chi connectivity index (χ4n) is 2.59. The number of amides is 1. The first-order valence-electron chi connectivity index (χ1n) is 7.33. The molecule has 5 heteroatoms. The predicted octanol–water partition coefficient (Wildman–Crippen LogP) is 1.74. The summed E-state index contributed by atoms with van der Waals surface area (Å²) >= 11 is 0. The molecule has 1 aliphatic rings. The van der Waals surface area contributed by atoms with E-state index in [-0.39, 0.29) is 30.0 Å². The maximum absolute atomic E-state index is 12.3. The van der Waals surface area contributed by atoms with Crippen LogP contribution in [0.25, 0.3) is 0 Å². The SMILES string of the molecule is CCOC(=O)[C@@H]1CCCN(C(=O)Cc2ccccc2O)C1. The van der Waals surface area contributed by atoms with Crippen LogP contribution in [0.4, 0.5) is 0 Å². The van der Waals surface area contributed by atoms with Crippen LogP contribution >= 0.6 is 0 Å². The highest BCUT2D eigenvalue weighted by atomic mass is 16.5. The molecule has 0 bridgehead atoms. The van der Waals surface area contributed by atoms with Gasteiger partial charge in [0.1, 0.15) is 5.75 Å². The van der Waals surface area contributed by atoms with Crippen LogP contribution in [-0.2, 0) is 20.7 Å². The van der Waals surface area contributed by atoms with Crippen molar-refractivity contribution >= 4 is 11.9 Å². The Labute approximate surface area is 124 Å². The van der Waals surface area contributed by atoms with E-state index in [1.807, 2.05) is 0 Å². The lowest BCUT2D eigenvalue weighted by atomic mass is 9.97. The third-order valence-corrected chi connectivity index (χ3v) is 3.73. The van der Waals surface area contributed by atoms with Gasteiger partial charge < -0.3 is 14.7 Å². The number of benzene rings is 1. The number of hydrogen-bond donors (Lipinski definition) is 1. The summed E-state index contributed by atoms with van der Waals surface area (Å²) in [4.78, 5) is 25.8. The van der Waals surface area contributed by atoms with Gasteiger partial charge >= 0.3 is 5.97 Å². The summed E-state index contributed by atoms with van der Waals surface area (Å²) in [5.41, 5.74) is 0.612. The minimum absolute atomic E-state index is 0.0644. The molecule has 1 fully saturated rings. The van der Waals surface area contributed by atoms with Gasteiger partial charge in [0.05, 0.1) is 18.9 Å². The van der Waals surface area contributed by atoms with Crippen LogP contribution in [0, 0.1) is 5.92 Å². The molecule has 0 radical (unpaired) electrons. The van der Waals surface area contributed by atoms with Crippen LogP contribution in [0.3, 0.4) is 0 Å². The number of likely N-dealkylation sites (tertiary alicyclic amines) is 1. The topological polar surface area (TPSA) is 66.8 Å². The Balaban J connectivity index is 1.96. The third-order valence-electron chi connectivity index (χ3n) is 3.73. The third kappa shape index (κ3) is 3.97. The summed E-state index contributed by atoms with van der Waals surface area (Å²) in [5, 5.41) is 9.72. The molecular weight excluding hydrogens is 270 g/mol. The van der Waals surface area contributed by atoms with E-state index in [1.54, 1.807) is 36.1 Å². The molecule has 1 heterocycles. The number of phenolic OH excluding ortho intramolecular Hbond substituents is 1. The molecule has 0 aromatic heterocycles. The van der Waals surface area contributed by atoms with Crippen molar-refractivity contribution in [3.8, 4) is 5.75 Å². The number of phenols is 1. The van der Waals surface area contributed by atoms with Crippen molar-refractivity contribution in [3.63, 3.8) is 0 Å². The van der Waals surface area contributed by atoms with Crippen molar-refractivity contribution in [1.29, 1.82) is 0 Å². The predicted molar refractivity (Wildman–Crippen MR) is 77.7 cm³/mol. The number of rotatable bonds is 4. The van der Waals surface area contributed by atoms with Gasteiger partial charge in [0.15, 0.2) is 0 Å². The van der Waals surface area contributed by atoms with E-state index >= 15 is 0 Å². The normalized spacial score (nSPS) is 18.3. The number of nitrogens with zero attached hydrogens (tertiary/aromatic N) is 1. The summed E-state index contributed by atoms with van der Waals surface area (Å²) in [7, 11) is 0. The lowest BCUT2D eigenvalue weighted by Crippen LogP contribution is -2.43. The van der Waals surface area contributed by atoms with Gasteiger partial charge in [-0.3, -0.25) is 9.59 Å². The second-order valence-corrected chi connectivity index (χ2v) is 5.24. The van der Waals surface area contributed by atoms with Crippen molar-refractivity contribution in [2.24, 2.45) is 5.92 Å². The Bertz CT molecular complexity index is 515. The quantitative estimate of drug-likeness (QED) is 0.858. The molecule has 0 spiro atoms. The minimum atomic E-state index is -0.230. The molecule has 2 rings (SSSR count). The Hall–Kier alpha value is -2.04. The summed E-state index contributed by atoms with van der Waals surface area (Å²) in [6.45, 7) is 3.20. The van der Waals surface area contributed by atoms with Crippen LogP contribution < -0.4 is 0 Å². The average molecular weight is 291 g/mol. The van der Waals surface area contributed by atoms with Crippen LogP contribution in [-0.4, -0.2) is 41.6 Å². The molecular formula is C16H21NO4. The fourth-order valence-corrected chi connectivity index (χ4v) is 2.59. The zero-order valence-electron chi connectivity index (χ0n) is 12.2. The maximum Gasteiger partial charge on any atom is 0.310 e. The monoisotopic (exact) mass is 291 g/mol. The molecule has 114 valence electrons. The summed E-state index contributed by atoms with van der Waals surface area (Å²) < 4.78 is 5.03. The van der Waals surface area contributed by atoms with Gasteiger partial charge in [-0.1, -0.05) is 18.2 Å². The highest BCUT2D eigenvalue weighted by molar-refractivity contribution is 5.81. The molecule has 1 atom stereocenters. The number of esters is 1. The first-order chi connectivity index (χ1) is 10.1. The van der Waals surface area contributed by atoms with E-state index < -0.39 is 0 Å². The van der Waals surface area contributed by atoms with Gasteiger partial charge in [-0.15, -0.1) is 0 Å². The van der Waals surface area contributed by atoms with Gasteiger partial charge in [0, 0.05) is 18.7 Å². The van der Waals surface area contributed by atoms with Crippen LogP contribution in [0.15, 0.2) is 24.3 Å². The van der Waals surface area contributed by atoms with E-state index in [1.165, 1.54) is 0 Å². The number of ether oxygens (including phenoxy) is 1. The zero-order chi connectivity index (χ0) is 15.2. The molecule has 1 N–H and O–H groups in total. The molecule has 0 saturated carbocycles. The Morgan fingerprint density at radius 1 is 1.38 bits per heavy atom. The van der Waals surface area contributed by atoms with Crippen LogP contribution in [0.2, 0.25) is 0 Å². The smallest absolute Gasteiger partial charge is 0.310 e. The van der Waals surface area contributed by atoms with Crippen molar-refractivity contribution < 1.29 is 19.4 Å². The molecule has 1 aliphatic heterocycles. The molecule has 0 unspecified atom stereocenters. The summed E-state index contributed by atoms with van der Waals surface area (Å²) in [6, 6.07) is 6.82. The number of para-hydroxylation sites is 1. The summed E-state index contributed by atoms with van der Waals surface area (Å²) in [6.07, 6.45) is 1.72. The lowest BCUT2D eigenvalue weighted by molar-refractivity contribution is -0.151. The zero-order valence-corrected chi connectivity index (χ0v) is 12.2. The average Bonchev–Trinajstić information content (AvgIpc) is 2.50. The van der Waals surface area contributed by atoms with E-state index in [0.29, 0.717) is 25.3 Å². The molecule has 0 aliphatic carbocycles. The number of aromatic hydroxyl groups is 1. The molecule has 1 amide bonds. The highest BCUT2D eigenvalue weighted by Crippen LogP contribution is 2.21. The van der Waals surface area contributed by atoms with E-state index in [4.69, 9.17) is 4.74 Å². The van der Waals surface area contributed by atoms with Crippen molar-refractivity contribution in [2.45, 2.75) is 26.2 Å². The van der Waals surface area contributed by atoms with Crippen LogP contribution in [0.5, 0.6) is 5.75 Å². The highest BCUT2D eigenvalue weighted by Gasteiger charge is 2.29. The van der Waals surface area contributed by atoms with Crippen molar-refractivity contribution in [1.82, 2.24) is 4.90 Å².